The van der Waals surface area contributed by atoms with Crippen LogP contribution in [0.2, 0.25) is 0 Å². The molecular formula is C11H15NO3. The van der Waals surface area contributed by atoms with Crippen LogP contribution in [0.15, 0.2) is 6.07 Å². The van der Waals surface area contributed by atoms with Crippen molar-refractivity contribution in [2.45, 2.75) is 19.9 Å². The third-order valence-electron chi connectivity index (χ3n) is 2.86. The Kier molecular flexibility index (Phi) is 2.54. The van der Waals surface area contributed by atoms with Gasteiger partial charge in [0.15, 0.2) is 11.5 Å². The summed E-state index contributed by atoms with van der Waals surface area (Å²) >= 11 is 0. The molecule has 0 amide bonds. The molecule has 0 spiro atoms. The molecule has 1 atom stereocenters. The number of aliphatic hydroxyl groups is 1. The van der Waals surface area contributed by atoms with Gasteiger partial charge in [0.2, 0.25) is 6.79 Å². The zero-order valence-electron chi connectivity index (χ0n) is 8.91. The van der Waals surface area contributed by atoms with Crippen molar-refractivity contribution in [3.05, 3.63) is 22.8 Å². The van der Waals surface area contributed by atoms with Crippen molar-refractivity contribution in [2.24, 2.45) is 5.73 Å². The lowest BCUT2D eigenvalue weighted by atomic mass is 9.97. The Balaban J connectivity index is 2.54. The summed E-state index contributed by atoms with van der Waals surface area (Å²) in [6, 6.07) is 1.49. The molecule has 0 bridgehead atoms. The Bertz CT molecular complexity index is 390. The van der Waals surface area contributed by atoms with Crippen molar-refractivity contribution in [1.29, 1.82) is 0 Å². The summed E-state index contributed by atoms with van der Waals surface area (Å²) in [6.45, 7) is 4.13. The normalized spacial score (nSPS) is 15.5. The minimum atomic E-state index is -0.363. The molecule has 0 saturated heterocycles. The quantitative estimate of drug-likeness (QED) is 0.763. The highest BCUT2D eigenvalue weighted by atomic mass is 16.7. The molecule has 0 fully saturated rings. The molecule has 1 aliphatic heterocycles. The molecule has 2 rings (SSSR count). The number of hydrogen-bond acceptors (Lipinski definition) is 4. The molecule has 0 aliphatic carbocycles. The van der Waals surface area contributed by atoms with Crippen LogP contribution in [0.4, 0.5) is 0 Å². The minimum Gasteiger partial charge on any atom is -0.454 e. The predicted molar refractivity (Wildman–Crippen MR) is 56.1 cm³/mol. The lowest BCUT2D eigenvalue weighted by molar-refractivity contribution is 0.173. The summed E-state index contributed by atoms with van der Waals surface area (Å²) in [7, 11) is 0. The topological polar surface area (TPSA) is 64.7 Å². The summed E-state index contributed by atoms with van der Waals surface area (Å²) < 4.78 is 10.7. The predicted octanol–water partition coefficient (Wildman–Crippen LogP) is 1.02. The van der Waals surface area contributed by atoms with E-state index in [4.69, 9.17) is 20.3 Å². The monoisotopic (exact) mass is 209 g/mol. The second-order valence-electron chi connectivity index (χ2n) is 3.74. The third-order valence-corrected chi connectivity index (χ3v) is 2.86. The standard InChI is InChI=1S/C11H15NO3/c1-6-7(2)11-10(14-5-15-11)3-8(6)9(12)4-13/h3,9,13H,4-5,12H2,1-2H3. The first kappa shape index (κ1) is 10.3. The van der Waals surface area contributed by atoms with Crippen LogP contribution in [0.25, 0.3) is 0 Å². The van der Waals surface area contributed by atoms with Gasteiger partial charge in [-0.25, -0.2) is 0 Å². The summed E-state index contributed by atoms with van der Waals surface area (Å²) in [6.07, 6.45) is 0. The van der Waals surface area contributed by atoms with Crippen LogP contribution >= 0.6 is 0 Å². The van der Waals surface area contributed by atoms with Crippen LogP contribution in [0.5, 0.6) is 11.5 Å². The van der Waals surface area contributed by atoms with Gasteiger partial charge < -0.3 is 20.3 Å². The van der Waals surface area contributed by atoms with Crippen molar-refractivity contribution in [3.8, 4) is 11.5 Å². The maximum absolute atomic E-state index is 9.06. The Labute approximate surface area is 88.6 Å². The molecule has 15 heavy (non-hydrogen) atoms. The number of rotatable bonds is 2. The highest BCUT2D eigenvalue weighted by Gasteiger charge is 2.21. The van der Waals surface area contributed by atoms with Crippen molar-refractivity contribution < 1.29 is 14.6 Å². The summed E-state index contributed by atoms with van der Waals surface area (Å²) in [5.41, 5.74) is 8.82. The zero-order valence-corrected chi connectivity index (χ0v) is 8.91. The van der Waals surface area contributed by atoms with Gasteiger partial charge in [-0.05, 0) is 36.6 Å². The molecule has 1 unspecified atom stereocenters. The molecule has 1 heterocycles. The number of fused-ring (bicyclic) bond motifs is 1. The first-order chi connectivity index (χ1) is 7.15. The Hall–Kier alpha value is -1.26. The van der Waals surface area contributed by atoms with Gasteiger partial charge in [0.05, 0.1) is 12.6 Å². The second-order valence-corrected chi connectivity index (χ2v) is 3.74. The van der Waals surface area contributed by atoms with Gasteiger partial charge in [0, 0.05) is 0 Å². The first-order valence-electron chi connectivity index (χ1n) is 4.91. The van der Waals surface area contributed by atoms with Crippen LogP contribution in [0.3, 0.4) is 0 Å². The highest BCUT2D eigenvalue weighted by Crippen LogP contribution is 2.39. The van der Waals surface area contributed by atoms with Crippen LogP contribution in [-0.4, -0.2) is 18.5 Å². The average Bonchev–Trinajstić information content (AvgIpc) is 2.70. The molecule has 4 heteroatoms. The molecule has 0 aromatic heterocycles. The molecule has 1 aromatic carbocycles. The highest BCUT2D eigenvalue weighted by molar-refractivity contribution is 5.55. The number of hydrogen-bond donors (Lipinski definition) is 2. The van der Waals surface area contributed by atoms with Crippen LogP contribution in [0, 0.1) is 13.8 Å². The largest absolute Gasteiger partial charge is 0.454 e. The Morgan fingerprint density at radius 1 is 1.40 bits per heavy atom. The molecule has 1 aliphatic rings. The fraction of sp³-hybridized carbons (Fsp3) is 0.455. The van der Waals surface area contributed by atoms with Crippen LogP contribution < -0.4 is 15.2 Å². The number of ether oxygens (including phenoxy) is 2. The van der Waals surface area contributed by atoms with Crippen LogP contribution in [0.1, 0.15) is 22.7 Å². The van der Waals surface area contributed by atoms with Gasteiger partial charge in [0.1, 0.15) is 0 Å². The van der Waals surface area contributed by atoms with E-state index in [-0.39, 0.29) is 19.4 Å². The van der Waals surface area contributed by atoms with E-state index in [0.717, 1.165) is 28.2 Å². The van der Waals surface area contributed by atoms with Gasteiger partial charge in [-0.1, -0.05) is 0 Å². The van der Waals surface area contributed by atoms with E-state index < -0.39 is 0 Å². The fourth-order valence-electron chi connectivity index (χ4n) is 1.81. The smallest absolute Gasteiger partial charge is 0.231 e. The average molecular weight is 209 g/mol. The van der Waals surface area contributed by atoms with E-state index in [1.165, 1.54) is 0 Å². The summed E-state index contributed by atoms with van der Waals surface area (Å²) in [5.74, 6) is 1.51. The number of benzene rings is 1. The molecular weight excluding hydrogens is 194 g/mol. The molecule has 3 N–H and O–H groups in total. The number of aliphatic hydroxyl groups excluding tert-OH is 1. The van der Waals surface area contributed by atoms with Crippen molar-refractivity contribution in [2.75, 3.05) is 13.4 Å². The van der Waals surface area contributed by atoms with Crippen molar-refractivity contribution in [3.63, 3.8) is 0 Å². The van der Waals surface area contributed by atoms with Gasteiger partial charge in [-0.15, -0.1) is 0 Å². The van der Waals surface area contributed by atoms with E-state index in [0.29, 0.717) is 0 Å². The van der Waals surface area contributed by atoms with E-state index in [9.17, 15) is 0 Å². The molecule has 0 saturated carbocycles. The maximum atomic E-state index is 9.06. The SMILES string of the molecule is Cc1c(C(N)CO)cc2c(c1C)OCO2. The molecule has 0 radical (unpaired) electrons. The lowest BCUT2D eigenvalue weighted by Crippen LogP contribution is -2.16. The van der Waals surface area contributed by atoms with E-state index in [1.54, 1.807) is 0 Å². The van der Waals surface area contributed by atoms with Gasteiger partial charge >= 0.3 is 0 Å². The second kappa shape index (κ2) is 3.72. The van der Waals surface area contributed by atoms with Crippen molar-refractivity contribution in [1.82, 2.24) is 0 Å². The van der Waals surface area contributed by atoms with Gasteiger partial charge in [0.25, 0.3) is 0 Å². The summed E-state index contributed by atoms with van der Waals surface area (Å²) in [5, 5.41) is 9.06. The first-order valence-corrected chi connectivity index (χ1v) is 4.91. The fourth-order valence-corrected chi connectivity index (χ4v) is 1.81. The van der Waals surface area contributed by atoms with E-state index >= 15 is 0 Å². The molecule has 1 aromatic rings. The van der Waals surface area contributed by atoms with Gasteiger partial charge in [-0.2, -0.15) is 0 Å². The van der Waals surface area contributed by atoms with Crippen LogP contribution in [-0.2, 0) is 0 Å². The summed E-state index contributed by atoms with van der Waals surface area (Å²) in [4.78, 5) is 0. The molecule has 82 valence electrons. The minimum absolute atomic E-state index is 0.0695. The van der Waals surface area contributed by atoms with Crippen molar-refractivity contribution >= 4 is 0 Å². The Morgan fingerprint density at radius 2 is 2.13 bits per heavy atom. The zero-order chi connectivity index (χ0) is 11.0. The van der Waals surface area contributed by atoms with Gasteiger partial charge in [-0.3, -0.25) is 0 Å². The lowest BCUT2D eigenvalue weighted by Gasteiger charge is -2.15. The van der Waals surface area contributed by atoms with E-state index in [2.05, 4.69) is 0 Å². The number of nitrogens with two attached hydrogens (primary N) is 1. The molecule has 4 nitrogen and oxygen atoms in total. The third kappa shape index (κ3) is 1.56. The maximum Gasteiger partial charge on any atom is 0.231 e. The van der Waals surface area contributed by atoms with E-state index in [1.807, 2.05) is 19.9 Å². The Morgan fingerprint density at radius 3 is 2.80 bits per heavy atom.